The normalized spacial score (nSPS) is 10.7. The number of rotatable bonds is 0. The third kappa shape index (κ3) is 1.02. The maximum atomic E-state index is 2.24. The third-order valence-electron chi connectivity index (χ3n) is 0.753. The van der Waals surface area contributed by atoms with E-state index >= 15 is 0 Å². The predicted molar refractivity (Wildman–Crippen MR) is 35.5 cm³/mol. The fraction of sp³-hybridized carbons (Fsp3) is 0. The Labute approximate surface area is 52.1 Å². The molecule has 0 aliphatic rings. The first-order valence-electron chi connectivity index (χ1n) is 1.99. The van der Waals surface area contributed by atoms with Crippen LogP contribution in [0.2, 0.25) is 0 Å². The van der Waals surface area contributed by atoms with Crippen molar-refractivity contribution in [3.63, 3.8) is 0 Å². The molecule has 1 atom stereocenters. The fourth-order valence-corrected chi connectivity index (χ4v) is 3.04. The van der Waals surface area contributed by atoms with Crippen LogP contribution in [0.5, 0.6) is 0 Å². The van der Waals surface area contributed by atoms with E-state index in [1.165, 1.54) is 0 Å². The third-order valence-corrected chi connectivity index (χ3v) is 5.16. The van der Waals surface area contributed by atoms with E-state index in [0.717, 1.165) is 30.7 Å². The Morgan fingerprint density at radius 3 is 2.67 bits per heavy atom. The fourth-order valence-electron chi connectivity index (χ4n) is 0.420. The van der Waals surface area contributed by atoms with Gasteiger partial charge in [0.1, 0.15) is 0 Å². The monoisotopic (exact) mass is 206 g/mol. The molecule has 0 saturated heterocycles. The van der Waals surface area contributed by atoms with Gasteiger partial charge in [-0.15, -0.1) is 0 Å². The van der Waals surface area contributed by atoms with E-state index in [4.69, 9.17) is 0 Å². The minimum absolute atomic E-state index is 0.810. The van der Waals surface area contributed by atoms with Gasteiger partial charge in [-0.25, -0.2) is 0 Å². The zero-order valence-electron chi connectivity index (χ0n) is 3.73. The molecule has 0 saturated carbocycles. The van der Waals surface area contributed by atoms with E-state index in [9.17, 15) is 0 Å². The first-order valence-corrected chi connectivity index (χ1v) is 5.93. The zero-order chi connectivity index (χ0) is 4.41. The molecule has 0 amide bonds. The number of hydrogen-bond donors (Lipinski definition) is 0. The summed E-state index contributed by atoms with van der Waals surface area (Å²) >= 11 is 0.810. The van der Waals surface area contributed by atoms with Crippen molar-refractivity contribution >= 4 is 34.0 Å². The second-order valence-electron chi connectivity index (χ2n) is 1.35. The van der Waals surface area contributed by atoms with Crippen molar-refractivity contribution in [2.45, 2.75) is 0 Å². The van der Waals surface area contributed by atoms with Crippen LogP contribution in [0.25, 0.3) is 0 Å². The van der Waals surface area contributed by atoms with Crippen LogP contribution in [0, 0.1) is 0 Å². The molecule has 0 aromatic carbocycles. The summed E-state index contributed by atoms with van der Waals surface area (Å²) < 4.78 is 1.71. The molecule has 0 radical (unpaired) electrons. The molecule has 0 fully saturated rings. The van der Waals surface area contributed by atoms with Gasteiger partial charge in [-0.2, -0.15) is 0 Å². The second kappa shape index (κ2) is 2.04. The molecule has 1 unspecified atom stereocenters. The molecule has 2 heteroatoms. The van der Waals surface area contributed by atoms with E-state index in [-0.39, 0.29) is 0 Å². The van der Waals surface area contributed by atoms with Crippen molar-refractivity contribution in [2.24, 2.45) is 0 Å². The number of hydrogen-bond acceptors (Lipinski definition) is 0. The van der Waals surface area contributed by atoms with Gasteiger partial charge in [-0.1, -0.05) is 0 Å². The Balaban J connectivity index is 3.05. The average Bonchev–Trinajstić information content (AvgIpc) is 1.86. The molecule has 0 aliphatic carbocycles. The first-order chi connectivity index (χ1) is 2.89. The summed E-state index contributed by atoms with van der Waals surface area (Å²) in [7, 11) is 1.06. The molecule has 0 aliphatic heterocycles. The van der Waals surface area contributed by atoms with Crippen molar-refractivity contribution in [1.29, 1.82) is 0 Å². The van der Waals surface area contributed by atoms with E-state index in [1.807, 2.05) is 0 Å². The summed E-state index contributed by atoms with van der Waals surface area (Å²) in [5.41, 5.74) is 0. The SMILES string of the molecule is [SnH3][c]1ccc[pH]1. The molecular weight excluding hydrogens is 198 g/mol. The van der Waals surface area contributed by atoms with Crippen molar-refractivity contribution < 1.29 is 0 Å². The Bertz CT molecular complexity index is 111. The van der Waals surface area contributed by atoms with Crippen molar-refractivity contribution in [3.8, 4) is 0 Å². The Hall–Kier alpha value is 0.579. The molecule has 0 spiro atoms. The summed E-state index contributed by atoms with van der Waals surface area (Å²) in [6.07, 6.45) is 0. The standard InChI is InChI=1S/C4H4P.Sn.3H/c1-2-4-5-3-1;;;;/h1-3,5H;;;;. The predicted octanol–water partition coefficient (Wildman–Crippen LogP) is -0.291. The topological polar surface area (TPSA) is 0 Å². The summed E-state index contributed by atoms with van der Waals surface area (Å²) in [6, 6.07) is 4.40. The van der Waals surface area contributed by atoms with Gasteiger partial charge >= 0.3 is 52.0 Å². The van der Waals surface area contributed by atoms with Crippen LogP contribution >= 0.6 is 8.19 Å². The van der Waals surface area contributed by atoms with Crippen LogP contribution in [-0.4, -0.2) is 22.5 Å². The maximum absolute atomic E-state index is 2.24. The van der Waals surface area contributed by atoms with Gasteiger partial charge in [0.2, 0.25) is 0 Å². The van der Waals surface area contributed by atoms with Crippen LogP contribution in [0.3, 0.4) is 0 Å². The van der Waals surface area contributed by atoms with Gasteiger partial charge in [0.25, 0.3) is 0 Å². The van der Waals surface area contributed by atoms with Gasteiger partial charge < -0.3 is 0 Å². The molecule has 0 nitrogen and oxygen atoms in total. The van der Waals surface area contributed by atoms with E-state index in [1.54, 1.807) is 3.31 Å². The van der Waals surface area contributed by atoms with E-state index < -0.39 is 0 Å². The molecule has 1 aromatic heterocycles. The van der Waals surface area contributed by atoms with Crippen molar-refractivity contribution in [2.75, 3.05) is 0 Å². The van der Waals surface area contributed by atoms with Gasteiger partial charge in [0.05, 0.1) is 0 Å². The molecule has 1 rings (SSSR count). The molecule has 1 heterocycles. The van der Waals surface area contributed by atoms with E-state index in [0.29, 0.717) is 0 Å². The summed E-state index contributed by atoms with van der Waals surface area (Å²) in [6.45, 7) is 0. The molecular formula is C4H7PSn. The van der Waals surface area contributed by atoms with Crippen LogP contribution in [-0.2, 0) is 0 Å². The zero-order valence-corrected chi connectivity index (χ0v) is 10.4. The van der Waals surface area contributed by atoms with Gasteiger partial charge in [0.15, 0.2) is 0 Å². The molecule has 0 bridgehead atoms. The summed E-state index contributed by atoms with van der Waals surface area (Å²) in [4.78, 5) is 0. The minimum atomic E-state index is 0.810. The molecule has 0 N–H and O–H groups in total. The van der Waals surface area contributed by atoms with Crippen LogP contribution in [0.1, 0.15) is 0 Å². The second-order valence-corrected chi connectivity index (χ2v) is 8.69. The van der Waals surface area contributed by atoms with E-state index in [2.05, 4.69) is 17.9 Å². The van der Waals surface area contributed by atoms with Gasteiger partial charge in [0, 0.05) is 0 Å². The quantitative estimate of drug-likeness (QED) is 0.510. The molecule has 32 valence electrons. The Morgan fingerprint density at radius 2 is 2.50 bits per heavy atom. The van der Waals surface area contributed by atoms with Crippen LogP contribution in [0.15, 0.2) is 17.9 Å². The summed E-state index contributed by atoms with van der Waals surface area (Å²) in [5, 5.41) is 0. The molecule has 1 aromatic rings. The van der Waals surface area contributed by atoms with Gasteiger partial charge in [-0.3, -0.25) is 0 Å². The van der Waals surface area contributed by atoms with Crippen LogP contribution in [0.4, 0.5) is 0 Å². The Morgan fingerprint density at radius 1 is 1.67 bits per heavy atom. The summed E-state index contributed by atoms with van der Waals surface area (Å²) in [5.74, 6) is 2.24. The Kier molecular flexibility index (Phi) is 1.61. The molecule has 6 heavy (non-hydrogen) atoms. The van der Waals surface area contributed by atoms with Crippen molar-refractivity contribution in [3.05, 3.63) is 17.9 Å². The first kappa shape index (κ1) is 4.73. The van der Waals surface area contributed by atoms with Crippen LogP contribution < -0.4 is 3.31 Å². The van der Waals surface area contributed by atoms with Crippen molar-refractivity contribution in [1.82, 2.24) is 0 Å². The van der Waals surface area contributed by atoms with Gasteiger partial charge in [-0.05, 0) is 0 Å². The average molecular weight is 205 g/mol.